The van der Waals surface area contributed by atoms with E-state index in [0.717, 1.165) is 38.7 Å². The van der Waals surface area contributed by atoms with E-state index in [4.69, 9.17) is 4.42 Å². The van der Waals surface area contributed by atoms with Crippen LogP contribution in [0, 0.1) is 11.6 Å². The van der Waals surface area contributed by atoms with Crippen LogP contribution in [0.15, 0.2) is 41.0 Å². The third-order valence-corrected chi connectivity index (χ3v) is 3.81. The molecule has 112 valence electrons. The predicted octanol–water partition coefficient (Wildman–Crippen LogP) is 2.94. The van der Waals surface area contributed by atoms with Gasteiger partial charge in [-0.1, -0.05) is 6.07 Å². The van der Waals surface area contributed by atoms with Crippen LogP contribution in [0.3, 0.4) is 0 Å². The molecule has 21 heavy (non-hydrogen) atoms. The monoisotopic (exact) mass is 292 g/mol. The van der Waals surface area contributed by atoms with Gasteiger partial charge in [-0.2, -0.15) is 0 Å². The Morgan fingerprint density at radius 1 is 1.14 bits per heavy atom. The lowest BCUT2D eigenvalue weighted by molar-refractivity contribution is 0.212. The maximum absolute atomic E-state index is 14.2. The van der Waals surface area contributed by atoms with Gasteiger partial charge in [-0.25, -0.2) is 8.78 Å². The number of furan rings is 1. The highest BCUT2D eigenvalue weighted by atomic mass is 19.1. The molecule has 1 aliphatic rings. The molecule has 1 unspecified atom stereocenters. The average Bonchev–Trinajstić information content (AvgIpc) is 2.85. The Bertz CT molecular complexity index is 578. The molecule has 0 saturated carbocycles. The van der Waals surface area contributed by atoms with Crippen molar-refractivity contribution < 1.29 is 13.2 Å². The van der Waals surface area contributed by atoms with E-state index in [-0.39, 0.29) is 6.04 Å². The Morgan fingerprint density at radius 3 is 2.81 bits per heavy atom. The molecule has 0 spiro atoms. The molecule has 1 atom stereocenters. The second-order valence-corrected chi connectivity index (χ2v) is 5.22. The molecule has 2 heterocycles. The zero-order chi connectivity index (χ0) is 14.7. The van der Waals surface area contributed by atoms with Gasteiger partial charge in [-0.05, 0) is 31.2 Å². The fourth-order valence-electron chi connectivity index (χ4n) is 2.82. The van der Waals surface area contributed by atoms with Crippen molar-refractivity contribution in [3.63, 3.8) is 0 Å². The van der Waals surface area contributed by atoms with Crippen LogP contribution in [0.5, 0.6) is 0 Å². The van der Waals surface area contributed by atoms with Crippen LogP contribution in [0.1, 0.15) is 23.8 Å². The van der Waals surface area contributed by atoms with Crippen molar-refractivity contribution in [2.45, 2.75) is 12.5 Å². The fraction of sp³-hybridized carbons (Fsp3) is 0.375. The average molecular weight is 292 g/mol. The second-order valence-electron chi connectivity index (χ2n) is 5.22. The zero-order valence-corrected chi connectivity index (χ0v) is 11.7. The van der Waals surface area contributed by atoms with E-state index in [9.17, 15) is 8.78 Å². The Hall–Kier alpha value is -1.72. The van der Waals surface area contributed by atoms with Gasteiger partial charge in [0.1, 0.15) is 17.4 Å². The van der Waals surface area contributed by atoms with E-state index in [2.05, 4.69) is 10.2 Å². The Kier molecular flexibility index (Phi) is 4.31. The Labute approximate surface area is 122 Å². The number of hydrogen-bond donors (Lipinski definition) is 1. The van der Waals surface area contributed by atoms with E-state index < -0.39 is 11.6 Å². The van der Waals surface area contributed by atoms with Gasteiger partial charge in [0.05, 0.1) is 12.3 Å². The Morgan fingerprint density at radius 2 is 2.05 bits per heavy atom. The molecule has 3 nitrogen and oxygen atoms in total. The van der Waals surface area contributed by atoms with Gasteiger partial charge in [0.2, 0.25) is 0 Å². The van der Waals surface area contributed by atoms with Crippen LogP contribution in [0.25, 0.3) is 0 Å². The normalized spacial score (nSPS) is 18.4. The Balaban J connectivity index is 1.99. The van der Waals surface area contributed by atoms with E-state index in [1.54, 1.807) is 12.3 Å². The number of nitrogens with one attached hydrogen (secondary N) is 1. The SMILES string of the molecule is Fc1ccc(C(c2ccco2)N2CCCNCC2)c(F)c1. The predicted molar refractivity (Wildman–Crippen MR) is 76.0 cm³/mol. The third-order valence-electron chi connectivity index (χ3n) is 3.81. The lowest BCUT2D eigenvalue weighted by Crippen LogP contribution is -2.33. The molecule has 1 N–H and O–H groups in total. The van der Waals surface area contributed by atoms with E-state index in [1.165, 1.54) is 12.1 Å². The molecule has 1 aromatic carbocycles. The van der Waals surface area contributed by atoms with Crippen molar-refractivity contribution in [1.82, 2.24) is 10.2 Å². The van der Waals surface area contributed by atoms with Gasteiger partial charge < -0.3 is 9.73 Å². The maximum Gasteiger partial charge on any atom is 0.131 e. The third kappa shape index (κ3) is 3.14. The highest BCUT2D eigenvalue weighted by molar-refractivity contribution is 5.29. The number of rotatable bonds is 3. The molecule has 5 heteroatoms. The minimum atomic E-state index is -0.563. The van der Waals surface area contributed by atoms with Gasteiger partial charge >= 0.3 is 0 Å². The summed E-state index contributed by atoms with van der Waals surface area (Å²) in [7, 11) is 0. The van der Waals surface area contributed by atoms with Gasteiger partial charge in [0, 0.05) is 31.3 Å². The van der Waals surface area contributed by atoms with Crippen molar-refractivity contribution in [3.05, 3.63) is 59.6 Å². The van der Waals surface area contributed by atoms with Gasteiger partial charge in [-0.3, -0.25) is 4.90 Å². The first kappa shape index (κ1) is 14.2. The summed E-state index contributed by atoms with van der Waals surface area (Å²) < 4.78 is 32.9. The van der Waals surface area contributed by atoms with Gasteiger partial charge in [0.25, 0.3) is 0 Å². The number of halogens is 2. The molecule has 0 bridgehead atoms. The standard InChI is InChI=1S/C16H18F2N2O/c17-12-4-5-13(14(18)11-12)16(15-3-1-10-21-15)20-8-2-6-19-7-9-20/h1,3-5,10-11,16,19H,2,6-9H2. The van der Waals surface area contributed by atoms with Crippen LogP contribution in [-0.2, 0) is 0 Å². The summed E-state index contributed by atoms with van der Waals surface area (Å²) in [5.74, 6) is -0.414. The minimum absolute atomic E-state index is 0.319. The highest BCUT2D eigenvalue weighted by Crippen LogP contribution is 2.31. The minimum Gasteiger partial charge on any atom is -0.467 e. The summed E-state index contributed by atoms with van der Waals surface area (Å²) in [5, 5.41) is 3.33. The first-order chi connectivity index (χ1) is 10.3. The summed E-state index contributed by atoms with van der Waals surface area (Å²) in [6, 6.07) is 7.05. The summed E-state index contributed by atoms with van der Waals surface area (Å²) in [4.78, 5) is 2.18. The first-order valence-electron chi connectivity index (χ1n) is 7.19. The van der Waals surface area contributed by atoms with Gasteiger partial charge in [0.15, 0.2) is 0 Å². The molecular weight excluding hydrogens is 274 g/mol. The highest BCUT2D eigenvalue weighted by Gasteiger charge is 2.27. The molecule has 0 aliphatic carbocycles. The maximum atomic E-state index is 14.2. The fourth-order valence-corrected chi connectivity index (χ4v) is 2.82. The molecule has 1 saturated heterocycles. The first-order valence-corrected chi connectivity index (χ1v) is 7.19. The summed E-state index contributed by atoms with van der Waals surface area (Å²) >= 11 is 0. The molecule has 1 aliphatic heterocycles. The number of hydrogen-bond acceptors (Lipinski definition) is 3. The molecule has 1 aromatic heterocycles. The molecule has 0 amide bonds. The van der Waals surface area contributed by atoms with Crippen LogP contribution < -0.4 is 5.32 Å². The molecule has 3 rings (SSSR count). The summed E-state index contributed by atoms with van der Waals surface area (Å²) in [6.07, 6.45) is 2.57. The van der Waals surface area contributed by atoms with Crippen LogP contribution in [0.2, 0.25) is 0 Å². The van der Waals surface area contributed by atoms with Crippen molar-refractivity contribution >= 4 is 0 Å². The summed E-state index contributed by atoms with van der Waals surface area (Å²) in [6.45, 7) is 3.44. The molecular formula is C16H18F2N2O. The number of nitrogens with zero attached hydrogens (tertiary/aromatic N) is 1. The topological polar surface area (TPSA) is 28.4 Å². The number of benzene rings is 1. The molecule has 0 radical (unpaired) electrons. The van der Waals surface area contributed by atoms with E-state index in [1.807, 2.05) is 6.07 Å². The van der Waals surface area contributed by atoms with Crippen molar-refractivity contribution in [1.29, 1.82) is 0 Å². The molecule has 1 fully saturated rings. The second kappa shape index (κ2) is 6.37. The van der Waals surface area contributed by atoms with Crippen molar-refractivity contribution in [3.8, 4) is 0 Å². The summed E-state index contributed by atoms with van der Waals surface area (Å²) in [5.41, 5.74) is 0.452. The quantitative estimate of drug-likeness (QED) is 0.943. The van der Waals surface area contributed by atoms with E-state index >= 15 is 0 Å². The van der Waals surface area contributed by atoms with Crippen LogP contribution in [-0.4, -0.2) is 31.1 Å². The van der Waals surface area contributed by atoms with Crippen molar-refractivity contribution in [2.75, 3.05) is 26.2 Å². The lowest BCUT2D eigenvalue weighted by atomic mass is 10.0. The van der Waals surface area contributed by atoms with Crippen LogP contribution in [0.4, 0.5) is 8.78 Å². The lowest BCUT2D eigenvalue weighted by Gasteiger charge is -2.29. The smallest absolute Gasteiger partial charge is 0.131 e. The zero-order valence-electron chi connectivity index (χ0n) is 11.7. The van der Waals surface area contributed by atoms with E-state index in [0.29, 0.717) is 11.3 Å². The van der Waals surface area contributed by atoms with Crippen LogP contribution >= 0.6 is 0 Å². The van der Waals surface area contributed by atoms with Crippen molar-refractivity contribution in [2.24, 2.45) is 0 Å². The van der Waals surface area contributed by atoms with Gasteiger partial charge in [-0.15, -0.1) is 0 Å². The largest absolute Gasteiger partial charge is 0.467 e. The molecule has 2 aromatic rings.